The molecule has 0 fully saturated rings. The van der Waals surface area contributed by atoms with Gasteiger partial charge in [-0.3, -0.25) is 0 Å². The van der Waals surface area contributed by atoms with Gasteiger partial charge >= 0.3 is 0 Å². The zero-order chi connectivity index (χ0) is 23.8. The Bertz CT molecular complexity index is 1190. The zero-order valence-electron chi connectivity index (χ0n) is 21.0. The van der Waals surface area contributed by atoms with E-state index in [9.17, 15) is 0 Å². The van der Waals surface area contributed by atoms with Gasteiger partial charge in [-0.25, -0.2) is 0 Å². The number of aryl methyl sites for hydroxylation is 4. The summed E-state index contributed by atoms with van der Waals surface area (Å²) in [6.07, 6.45) is 0. The first-order chi connectivity index (χ1) is 15.6. The lowest BCUT2D eigenvalue weighted by molar-refractivity contribution is 0.589. The van der Waals surface area contributed by atoms with Crippen LogP contribution in [-0.2, 0) is 5.41 Å². The monoisotopic (exact) mass is 433 g/mol. The van der Waals surface area contributed by atoms with Gasteiger partial charge in [-0.05, 0) is 97.3 Å². The Morgan fingerprint density at radius 2 is 1.03 bits per heavy atom. The standard InChI is InChI=1S/C32H35N/c1-22-11-15-28(16-12-22)33(29-17-13-23(2)14-18-29)30-10-8-9-26(21-30)31-24(3)19-27(20-25(31)4)32(5,6)7/h8-21H,1-7H3. The molecule has 0 unspecified atom stereocenters. The van der Waals surface area contributed by atoms with Gasteiger partial charge in [0.2, 0.25) is 0 Å². The number of hydrogen-bond acceptors (Lipinski definition) is 1. The van der Waals surface area contributed by atoms with Crippen molar-refractivity contribution in [3.63, 3.8) is 0 Å². The summed E-state index contributed by atoms with van der Waals surface area (Å²) in [7, 11) is 0. The van der Waals surface area contributed by atoms with Crippen molar-refractivity contribution in [1.82, 2.24) is 0 Å². The molecule has 33 heavy (non-hydrogen) atoms. The Kier molecular flexibility index (Phi) is 6.17. The Labute approximate surface area is 199 Å². The average Bonchev–Trinajstić information content (AvgIpc) is 2.76. The van der Waals surface area contributed by atoms with E-state index < -0.39 is 0 Å². The van der Waals surface area contributed by atoms with E-state index in [1.807, 2.05) is 0 Å². The fraction of sp³-hybridized carbons (Fsp3) is 0.250. The van der Waals surface area contributed by atoms with Crippen LogP contribution in [0.25, 0.3) is 11.1 Å². The van der Waals surface area contributed by atoms with Gasteiger partial charge in [0.05, 0.1) is 0 Å². The van der Waals surface area contributed by atoms with Crippen molar-refractivity contribution < 1.29 is 0 Å². The summed E-state index contributed by atoms with van der Waals surface area (Å²) in [5.41, 5.74) is 12.8. The second-order valence-corrected chi connectivity index (χ2v) is 10.3. The number of nitrogens with zero attached hydrogens (tertiary/aromatic N) is 1. The van der Waals surface area contributed by atoms with E-state index in [1.165, 1.54) is 44.6 Å². The highest BCUT2D eigenvalue weighted by atomic mass is 15.1. The quantitative estimate of drug-likeness (QED) is 0.310. The van der Waals surface area contributed by atoms with Crippen molar-refractivity contribution in [2.45, 2.75) is 53.9 Å². The molecule has 1 heteroatoms. The Morgan fingerprint density at radius 3 is 1.48 bits per heavy atom. The molecule has 0 heterocycles. The SMILES string of the molecule is Cc1ccc(N(c2ccc(C)cc2)c2cccc(-c3c(C)cc(C(C)(C)C)cc3C)c2)cc1. The van der Waals surface area contributed by atoms with Gasteiger partial charge in [-0.1, -0.05) is 80.4 Å². The van der Waals surface area contributed by atoms with Crippen LogP contribution in [0.2, 0.25) is 0 Å². The number of anilines is 3. The summed E-state index contributed by atoms with van der Waals surface area (Å²) in [5.74, 6) is 0. The third-order valence-electron chi connectivity index (χ3n) is 6.38. The molecule has 4 aromatic carbocycles. The first-order valence-corrected chi connectivity index (χ1v) is 11.8. The lowest BCUT2D eigenvalue weighted by atomic mass is 9.82. The molecule has 168 valence electrons. The first kappa shape index (κ1) is 22.9. The number of hydrogen-bond donors (Lipinski definition) is 0. The smallest absolute Gasteiger partial charge is 0.0467 e. The fourth-order valence-electron chi connectivity index (χ4n) is 4.49. The summed E-state index contributed by atoms with van der Waals surface area (Å²) in [4.78, 5) is 2.34. The van der Waals surface area contributed by atoms with Crippen LogP contribution >= 0.6 is 0 Å². The Hall–Kier alpha value is -3.32. The van der Waals surface area contributed by atoms with E-state index in [4.69, 9.17) is 0 Å². The Balaban J connectivity index is 1.85. The van der Waals surface area contributed by atoms with Gasteiger partial charge in [0.15, 0.2) is 0 Å². The van der Waals surface area contributed by atoms with E-state index in [0.29, 0.717) is 0 Å². The Morgan fingerprint density at radius 1 is 0.545 bits per heavy atom. The second-order valence-electron chi connectivity index (χ2n) is 10.3. The predicted octanol–water partition coefficient (Wildman–Crippen LogP) is 9.35. The molecule has 0 radical (unpaired) electrons. The maximum absolute atomic E-state index is 2.35. The number of benzene rings is 4. The van der Waals surface area contributed by atoms with Crippen molar-refractivity contribution in [3.05, 3.63) is 113 Å². The van der Waals surface area contributed by atoms with Gasteiger partial charge in [-0.2, -0.15) is 0 Å². The van der Waals surface area contributed by atoms with E-state index in [2.05, 4.69) is 138 Å². The zero-order valence-corrected chi connectivity index (χ0v) is 21.0. The van der Waals surface area contributed by atoms with Crippen LogP contribution in [0, 0.1) is 27.7 Å². The molecule has 1 nitrogen and oxygen atoms in total. The lowest BCUT2D eigenvalue weighted by Gasteiger charge is -2.27. The van der Waals surface area contributed by atoms with E-state index in [0.717, 1.165) is 11.4 Å². The minimum absolute atomic E-state index is 0.142. The number of rotatable bonds is 4. The minimum Gasteiger partial charge on any atom is -0.310 e. The maximum Gasteiger partial charge on any atom is 0.0467 e. The summed E-state index contributed by atoms with van der Waals surface area (Å²) in [6, 6.07) is 31.2. The molecule has 0 saturated heterocycles. The minimum atomic E-state index is 0.142. The molecule has 0 aromatic heterocycles. The fourth-order valence-corrected chi connectivity index (χ4v) is 4.49. The van der Waals surface area contributed by atoms with Gasteiger partial charge in [-0.15, -0.1) is 0 Å². The van der Waals surface area contributed by atoms with E-state index in [1.54, 1.807) is 0 Å². The molecule has 0 aliphatic carbocycles. The molecule has 4 rings (SSSR count). The second kappa shape index (κ2) is 8.90. The van der Waals surface area contributed by atoms with Crippen molar-refractivity contribution in [3.8, 4) is 11.1 Å². The molecular weight excluding hydrogens is 398 g/mol. The molecule has 0 amide bonds. The van der Waals surface area contributed by atoms with Crippen LogP contribution in [0.1, 0.15) is 48.6 Å². The first-order valence-electron chi connectivity index (χ1n) is 11.8. The average molecular weight is 434 g/mol. The van der Waals surface area contributed by atoms with Crippen LogP contribution in [-0.4, -0.2) is 0 Å². The van der Waals surface area contributed by atoms with Crippen molar-refractivity contribution in [2.75, 3.05) is 4.90 Å². The van der Waals surface area contributed by atoms with Crippen LogP contribution in [0.5, 0.6) is 0 Å². The summed E-state index contributed by atoms with van der Waals surface area (Å²) >= 11 is 0. The molecule has 4 aromatic rings. The largest absolute Gasteiger partial charge is 0.310 e. The van der Waals surface area contributed by atoms with Gasteiger partial charge in [0.1, 0.15) is 0 Å². The topological polar surface area (TPSA) is 3.24 Å². The highest BCUT2D eigenvalue weighted by Crippen LogP contribution is 2.38. The van der Waals surface area contributed by atoms with Crippen LogP contribution < -0.4 is 4.90 Å². The van der Waals surface area contributed by atoms with Crippen molar-refractivity contribution >= 4 is 17.1 Å². The molecule has 0 bridgehead atoms. The molecule has 0 aliphatic heterocycles. The van der Waals surface area contributed by atoms with Crippen molar-refractivity contribution in [2.24, 2.45) is 0 Å². The molecule has 0 saturated carbocycles. The summed E-state index contributed by atoms with van der Waals surface area (Å²) < 4.78 is 0. The van der Waals surface area contributed by atoms with Gasteiger partial charge in [0, 0.05) is 17.1 Å². The third kappa shape index (κ3) is 4.88. The van der Waals surface area contributed by atoms with E-state index in [-0.39, 0.29) is 5.41 Å². The summed E-state index contributed by atoms with van der Waals surface area (Å²) in [5, 5.41) is 0. The van der Waals surface area contributed by atoms with Crippen LogP contribution in [0.3, 0.4) is 0 Å². The van der Waals surface area contributed by atoms with Crippen LogP contribution in [0.15, 0.2) is 84.9 Å². The van der Waals surface area contributed by atoms with Crippen LogP contribution in [0.4, 0.5) is 17.1 Å². The molecule has 0 spiro atoms. The molecule has 0 atom stereocenters. The normalized spacial score (nSPS) is 11.5. The van der Waals surface area contributed by atoms with Gasteiger partial charge in [0.25, 0.3) is 0 Å². The molecule has 0 aliphatic rings. The predicted molar refractivity (Wildman–Crippen MR) is 144 cm³/mol. The molecule has 0 N–H and O–H groups in total. The van der Waals surface area contributed by atoms with E-state index >= 15 is 0 Å². The maximum atomic E-state index is 2.35. The molecular formula is C32H35N. The lowest BCUT2D eigenvalue weighted by Crippen LogP contribution is -2.12. The third-order valence-corrected chi connectivity index (χ3v) is 6.38. The highest BCUT2D eigenvalue weighted by Gasteiger charge is 2.18. The highest BCUT2D eigenvalue weighted by molar-refractivity contribution is 5.81. The summed E-state index contributed by atoms with van der Waals surface area (Å²) in [6.45, 7) is 15.6. The van der Waals surface area contributed by atoms with Gasteiger partial charge < -0.3 is 4.90 Å². The van der Waals surface area contributed by atoms with Crippen molar-refractivity contribution in [1.29, 1.82) is 0 Å².